The molecule has 2 rings (SSSR count). The molecule has 0 spiro atoms. The van der Waals surface area contributed by atoms with E-state index < -0.39 is 0 Å². The quantitative estimate of drug-likeness (QED) is 0.481. The Hall–Kier alpha value is -1.36. The molecule has 20 heavy (non-hydrogen) atoms. The van der Waals surface area contributed by atoms with Gasteiger partial charge in [0.25, 0.3) is 0 Å². The maximum absolute atomic E-state index is 4.64. The van der Waals surface area contributed by atoms with Crippen molar-refractivity contribution in [3.05, 3.63) is 28.2 Å². The molecule has 0 radical (unpaired) electrons. The van der Waals surface area contributed by atoms with Crippen molar-refractivity contribution in [2.75, 3.05) is 13.1 Å². The molecule has 2 N–H and O–H groups in total. The van der Waals surface area contributed by atoms with E-state index in [9.17, 15) is 0 Å². The second-order valence-electron chi connectivity index (χ2n) is 4.88. The molecule has 1 heterocycles. The molecular weight excluding hydrogens is 268 g/mol. The van der Waals surface area contributed by atoms with Gasteiger partial charge in [0.05, 0.1) is 10.7 Å². The Balaban J connectivity index is 1.81. The van der Waals surface area contributed by atoms with Crippen LogP contribution in [0.4, 0.5) is 0 Å². The fraction of sp³-hybridized carbons (Fsp3) is 0.600. The van der Waals surface area contributed by atoms with Gasteiger partial charge in [0.15, 0.2) is 5.96 Å². The number of guanidine groups is 1. The van der Waals surface area contributed by atoms with Gasteiger partial charge in [0, 0.05) is 30.9 Å². The lowest BCUT2D eigenvalue weighted by molar-refractivity contribution is 0.633. The number of nitrogens with one attached hydrogen (secondary N) is 2. The van der Waals surface area contributed by atoms with E-state index in [1.54, 1.807) is 11.3 Å². The van der Waals surface area contributed by atoms with Gasteiger partial charge in [0.2, 0.25) is 0 Å². The lowest BCUT2D eigenvalue weighted by atomic mass is 10.2. The van der Waals surface area contributed by atoms with E-state index in [0.717, 1.165) is 50.4 Å². The number of aliphatic imine (C=N–C) groups is 1. The molecule has 110 valence electrons. The van der Waals surface area contributed by atoms with E-state index in [1.807, 2.05) is 0 Å². The lowest BCUT2D eigenvalue weighted by Crippen LogP contribution is -2.42. The van der Waals surface area contributed by atoms with E-state index in [1.165, 1.54) is 5.01 Å². The van der Waals surface area contributed by atoms with Crippen molar-refractivity contribution < 1.29 is 0 Å². The summed E-state index contributed by atoms with van der Waals surface area (Å²) in [4.78, 5) is 9.21. The summed E-state index contributed by atoms with van der Waals surface area (Å²) in [6.07, 6.45) is 8.57. The zero-order chi connectivity index (χ0) is 14.2. The van der Waals surface area contributed by atoms with Crippen molar-refractivity contribution in [3.63, 3.8) is 0 Å². The Morgan fingerprint density at radius 2 is 2.20 bits per heavy atom. The molecule has 0 unspecified atom stereocenters. The molecule has 0 fully saturated rings. The molecule has 0 atom stereocenters. The Bertz CT molecular complexity index is 456. The van der Waals surface area contributed by atoms with Gasteiger partial charge < -0.3 is 10.6 Å². The lowest BCUT2D eigenvalue weighted by Gasteiger charge is -2.16. The molecule has 0 aromatic carbocycles. The van der Waals surface area contributed by atoms with Crippen LogP contribution in [-0.4, -0.2) is 30.1 Å². The maximum atomic E-state index is 4.64. The largest absolute Gasteiger partial charge is 0.357 e. The van der Waals surface area contributed by atoms with Crippen molar-refractivity contribution >= 4 is 17.3 Å². The van der Waals surface area contributed by atoms with Crippen LogP contribution in [0.5, 0.6) is 0 Å². The second-order valence-corrected chi connectivity index (χ2v) is 5.82. The summed E-state index contributed by atoms with van der Waals surface area (Å²) in [7, 11) is 0. The molecule has 5 heteroatoms. The van der Waals surface area contributed by atoms with Crippen LogP contribution in [0.25, 0.3) is 0 Å². The summed E-state index contributed by atoms with van der Waals surface area (Å²) in [6, 6.07) is 0.499. The molecule has 0 aliphatic heterocycles. The first-order chi connectivity index (χ1) is 9.81. The van der Waals surface area contributed by atoms with E-state index in [2.05, 4.69) is 52.0 Å². The third kappa shape index (κ3) is 4.63. The number of aryl methyl sites for hydroxylation is 1. The standard InChI is InChI=1S/C15H24N4S/c1-3-14-18-13(11-20-14)9-10-17-15(16-4-2)19-12-7-5-6-8-12/h5-6,11-12H,3-4,7-10H2,1-2H3,(H2,16,17,19). The van der Waals surface area contributed by atoms with Crippen LogP contribution in [0.1, 0.15) is 37.4 Å². The number of aromatic nitrogens is 1. The molecule has 0 saturated heterocycles. The second kappa shape index (κ2) is 8.04. The highest BCUT2D eigenvalue weighted by molar-refractivity contribution is 7.09. The Labute approximate surface area is 125 Å². The fourth-order valence-electron chi connectivity index (χ4n) is 2.16. The highest BCUT2D eigenvalue weighted by Gasteiger charge is 2.11. The van der Waals surface area contributed by atoms with Crippen LogP contribution >= 0.6 is 11.3 Å². The monoisotopic (exact) mass is 292 g/mol. The topological polar surface area (TPSA) is 49.3 Å². The minimum absolute atomic E-state index is 0.499. The maximum Gasteiger partial charge on any atom is 0.191 e. The van der Waals surface area contributed by atoms with Crippen molar-refractivity contribution in [2.24, 2.45) is 4.99 Å². The summed E-state index contributed by atoms with van der Waals surface area (Å²) in [5, 5.41) is 10.1. The van der Waals surface area contributed by atoms with Crippen LogP contribution in [0, 0.1) is 0 Å². The average Bonchev–Trinajstić information content (AvgIpc) is 3.10. The summed E-state index contributed by atoms with van der Waals surface area (Å²) in [6.45, 7) is 5.91. The van der Waals surface area contributed by atoms with E-state index in [-0.39, 0.29) is 0 Å². The highest BCUT2D eigenvalue weighted by Crippen LogP contribution is 2.11. The first-order valence-corrected chi connectivity index (χ1v) is 8.33. The van der Waals surface area contributed by atoms with Gasteiger partial charge in [-0.2, -0.15) is 0 Å². The zero-order valence-corrected chi connectivity index (χ0v) is 13.2. The van der Waals surface area contributed by atoms with E-state index in [4.69, 9.17) is 0 Å². The highest BCUT2D eigenvalue weighted by atomic mass is 32.1. The summed E-state index contributed by atoms with van der Waals surface area (Å²) in [5.41, 5.74) is 1.16. The van der Waals surface area contributed by atoms with Crippen LogP contribution in [-0.2, 0) is 12.8 Å². The Kier molecular flexibility index (Phi) is 6.05. The zero-order valence-electron chi connectivity index (χ0n) is 12.4. The first-order valence-electron chi connectivity index (χ1n) is 7.45. The average molecular weight is 292 g/mol. The van der Waals surface area contributed by atoms with Crippen LogP contribution < -0.4 is 10.6 Å². The predicted octanol–water partition coefficient (Wildman–Crippen LogP) is 2.52. The van der Waals surface area contributed by atoms with Crippen LogP contribution in [0.3, 0.4) is 0 Å². The van der Waals surface area contributed by atoms with Crippen molar-refractivity contribution in [1.29, 1.82) is 0 Å². The Morgan fingerprint density at radius 1 is 1.40 bits per heavy atom. The fourth-order valence-corrected chi connectivity index (χ4v) is 2.94. The number of hydrogen-bond donors (Lipinski definition) is 2. The van der Waals surface area contributed by atoms with Crippen molar-refractivity contribution in [1.82, 2.24) is 15.6 Å². The normalized spacial score (nSPS) is 15.8. The molecule has 1 aliphatic carbocycles. The summed E-state index contributed by atoms with van der Waals surface area (Å²) < 4.78 is 0. The minimum atomic E-state index is 0.499. The van der Waals surface area contributed by atoms with Gasteiger partial charge >= 0.3 is 0 Å². The van der Waals surface area contributed by atoms with Gasteiger partial charge in [-0.3, -0.25) is 4.99 Å². The third-order valence-electron chi connectivity index (χ3n) is 3.23. The minimum Gasteiger partial charge on any atom is -0.357 e. The Morgan fingerprint density at radius 3 is 2.85 bits per heavy atom. The van der Waals surface area contributed by atoms with Gasteiger partial charge in [-0.1, -0.05) is 19.1 Å². The van der Waals surface area contributed by atoms with Crippen LogP contribution in [0.15, 0.2) is 22.5 Å². The van der Waals surface area contributed by atoms with Crippen LogP contribution in [0.2, 0.25) is 0 Å². The van der Waals surface area contributed by atoms with E-state index >= 15 is 0 Å². The van der Waals surface area contributed by atoms with Gasteiger partial charge in [-0.25, -0.2) is 4.98 Å². The number of thiazole rings is 1. The van der Waals surface area contributed by atoms with Crippen molar-refractivity contribution in [3.8, 4) is 0 Å². The molecule has 0 bridgehead atoms. The van der Waals surface area contributed by atoms with Crippen molar-refractivity contribution in [2.45, 2.75) is 45.6 Å². The molecule has 0 saturated carbocycles. The SMILES string of the molecule is CCNC(=NCCc1csc(CC)n1)NC1CC=CC1. The molecular formula is C15H24N4S. The van der Waals surface area contributed by atoms with Gasteiger partial charge in [0.1, 0.15) is 0 Å². The molecule has 0 amide bonds. The number of nitrogens with zero attached hydrogens (tertiary/aromatic N) is 2. The summed E-state index contributed by atoms with van der Waals surface area (Å²) in [5.74, 6) is 0.923. The number of hydrogen-bond acceptors (Lipinski definition) is 3. The molecule has 4 nitrogen and oxygen atoms in total. The molecule has 1 aromatic rings. The van der Waals surface area contributed by atoms with Gasteiger partial charge in [-0.15, -0.1) is 11.3 Å². The number of rotatable bonds is 6. The predicted molar refractivity (Wildman–Crippen MR) is 86.5 cm³/mol. The molecule has 1 aromatic heterocycles. The molecule has 1 aliphatic rings. The first kappa shape index (κ1) is 15.0. The summed E-state index contributed by atoms with van der Waals surface area (Å²) >= 11 is 1.75. The third-order valence-corrected chi connectivity index (χ3v) is 4.27. The van der Waals surface area contributed by atoms with E-state index in [0.29, 0.717) is 6.04 Å². The smallest absolute Gasteiger partial charge is 0.191 e. The van der Waals surface area contributed by atoms with Gasteiger partial charge in [-0.05, 0) is 26.2 Å².